The van der Waals surface area contributed by atoms with Gasteiger partial charge in [-0.25, -0.2) is 4.68 Å². The number of rotatable bonds is 2. The molecule has 2 rings (SSSR count). The number of hydrogen-bond donors (Lipinski definition) is 0. The average molecular weight is 234 g/mol. The predicted molar refractivity (Wildman–Crippen MR) is 51.1 cm³/mol. The van der Waals surface area contributed by atoms with Crippen molar-refractivity contribution in [1.29, 1.82) is 0 Å². The number of alkyl halides is 3. The summed E-state index contributed by atoms with van der Waals surface area (Å²) >= 11 is 0. The van der Waals surface area contributed by atoms with Crippen molar-refractivity contribution in [1.82, 2.24) is 9.78 Å². The molecule has 3 nitrogen and oxygen atoms in total. The van der Waals surface area contributed by atoms with Crippen molar-refractivity contribution in [3.05, 3.63) is 11.8 Å². The molecule has 0 aromatic carbocycles. The summed E-state index contributed by atoms with van der Waals surface area (Å²) in [6.45, 7) is 0. The third-order valence-corrected chi connectivity index (χ3v) is 2.72. The van der Waals surface area contributed by atoms with Crippen molar-refractivity contribution < 1.29 is 17.9 Å². The number of nitrogens with zero attached hydrogens (tertiary/aromatic N) is 2. The molecule has 1 aromatic heterocycles. The maximum atomic E-state index is 12.4. The molecule has 0 aliphatic heterocycles. The summed E-state index contributed by atoms with van der Waals surface area (Å²) in [5, 5.41) is 3.39. The lowest BCUT2D eigenvalue weighted by Crippen LogP contribution is -2.13. The number of aromatic nitrogens is 2. The van der Waals surface area contributed by atoms with E-state index in [1.54, 1.807) is 0 Å². The summed E-state index contributed by atoms with van der Waals surface area (Å²) < 4.78 is 43.7. The second kappa shape index (κ2) is 3.99. The Labute approximate surface area is 91.2 Å². The van der Waals surface area contributed by atoms with Crippen LogP contribution in [0.4, 0.5) is 13.2 Å². The third kappa shape index (κ3) is 2.31. The summed E-state index contributed by atoms with van der Waals surface area (Å²) in [5.41, 5.74) is -0.900. The highest BCUT2D eigenvalue weighted by Gasteiger charge is 2.35. The molecule has 0 amide bonds. The Morgan fingerprint density at radius 1 is 1.38 bits per heavy atom. The van der Waals surface area contributed by atoms with E-state index in [9.17, 15) is 13.2 Å². The molecule has 90 valence electrons. The van der Waals surface area contributed by atoms with Gasteiger partial charge in [-0.05, 0) is 25.7 Å². The highest BCUT2D eigenvalue weighted by atomic mass is 19.4. The summed E-state index contributed by atoms with van der Waals surface area (Å²) in [4.78, 5) is 0. The molecule has 1 saturated carbocycles. The van der Waals surface area contributed by atoms with Crippen molar-refractivity contribution in [2.75, 3.05) is 0 Å². The molecule has 0 atom stereocenters. The van der Waals surface area contributed by atoms with E-state index in [-0.39, 0.29) is 12.0 Å². The van der Waals surface area contributed by atoms with Crippen molar-refractivity contribution in [2.45, 2.75) is 38.0 Å². The fraction of sp³-hybridized carbons (Fsp3) is 0.700. The summed E-state index contributed by atoms with van der Waals surface area (Å²) in [6, 6.07) is 0.957. The first-order chi connectivity index (χ1) is 7.47. The van der Waals surface area contributed by atoms with Gasteiger partial charge < -0.3 is 4.74 Å². The first-order valence-electron chi connectivity index (χ1n) is 5.25. The van der Waals surface area contributed by atoms with E-state index in [0.29, 0.717) is 0 Å². The van der Waals surface area contributed by atoms with E-state index in [1.165, 1.54) is 7.05 Å². The second-order valence-corrected chi connectivity index (χ2v) is 4.01. The van der Waals surface area contributed by atoms with Crippen LogP contribution in [-0.2, 0) is 13.2 Å². The molecule has 1 aliphatic rings. The smallest absolute Gasteiger partial charge is 0.435 e. The number of halogens is 3. The Hall–Kier alpha value is -1.20. The van der Waals surface area contributed by atoms with Gasteiger partial charge in [-0.15, -0.1) is 0 Å². The van der Waals surface area contributed by atoms with E-state index in [2.05, 4.69) is 5.10 Å². The van der Waals surface area contributed by atoms with Gasteiger partial charge in [0.1, 0.15) is 6.10 Å². The van der Waals surface area contributed by atoms with Crippen molar-refractivity contribution in [2.24, 2.45) is 7.05 Å². The lowest BCUT2D eigenvalue weighted by molar-refractivity contribution is -0.141. The molecule has 16 heavy (non-hydrogen) atoms. The van der Waals surface area contributed by atoms with E-state index in [0.717, 1.165) is 36.4 Å². The summed E-state index contributed by atoms with van der Waals surface area (Å²) in [5.74, 6) is 0.194. The molecule has 1 heterocycles. The molecule has 0 spiro atoms. The van der Waals surface area contributed by atoms with Gasteiger partial charge in [-0.2, -0.15) is 18.3 Å². The standard InChI is InChI=1S/C10H13F3N2O/c1-15-9(16-7-4-2-3-5-7)6-8(14-15)10(11,12)13/h6-7H,2-5H2,1H3. The third-order valence-electron chi connectivity index (χ3n) is 2.72. The molecular weight excluding hydrogens is 221 g/mol. The SMILES string of the molecule is Cn1nc(C(F)(F)F)cc1OC1CCCC1. The highest BCUT2D eigenvalue weighted by molar-refractivity contribution is 5.18. The zero-order valence-corrected chi connectivity index (χ0v) is 8.92. The fourth-order valence-corrected chi connectivity index (χ4v) is 1.88. The van der Waals surface area contributed by atoms with Crippen LogP contribution >= 0.6 is 0 Å². The molecule has 1 fully saturated rings. The van der Waals surface area contributed by atoms with Gasteiger partial charge in [0.25, 0.3) is 0 Å². The maximum Gasteiger partial charge on any atom is 0.435 e. The topological polar surface area (TPSA) is 27.1 Å². The molecule has 0 N–H and O–H groups in total. The molecule has 0 unspecified atom stereocenters. The van der Waals surface area contributed by atoms with Gasteiger partial charge in [-0.1, -0.05) is 0 Å². The monoisotopic (exact) mass is 234 g/mol. The molecular formula is C10H13F3N2O. The van der Waals surface area contributed by atoms with Crippen LogP contribution in [0.2, 0.25) is 0 Å². The highest BCUT2D eigenvalue weighted by Crippen LogP contribution is 2.31. The zero-order chi connectivity index (χ0) is 11.8. The number of aryl methyl sites for hydroxylation is 1. The van der Waals surface area contributed by atoms with Crippen molar-refractivity contribution in [3.63, 3.8) is 0 Å². The first kappa shape index (κ1) is 11.3. The number of hydrogen-bond acceptors (Lipinski definition) is 2. The minimum Gasteiger partial charge on any atom is -0.475 e. The van der Waals surface area contributed by atoms with E-state index in [4.69, 9.17) is 4.74 Å². The van der Waals surface area contributed by atoms with Gasteiger partial charge in [-0.3, -0.25) is 0 Å². The maximum absolute atomic E-state index is 12.4. The Kier molecular flexibility index (Phi) is 2.82. The zero-order valence-electron chi connectivity index (χ0n) is 8.92. The average Bonchev–Trinajstić information content (AvgIpc) is 2.76. The minimum absolute atomic E-state index is 0.0384. The number of ether oxygens (including phenoxy) is 1. The van der Waals surface area contributed by atoms with Gasteiger partial charge in [0.15, 0.2) is 5.69 Å². The Bertz CT molecular complexity index is 367. The molecule has 6 heteroatoms. The van der Waals surface area contributed by atoms with E-state index >= 15 is 0 Å². The van der Waals surface area contributed by atoms with Crippen LogP contribution in [0.5, 0.6) is 5.88 Å². The van der Waals surface area contributed by atoms with Crippen LogP contribution in [-0.4, -0.2) is 15.9 Å². The first-order valence-corrected chi connectivity index (χ1v) is 5.25. The van der Waals surface area contributed by atoms with Crippen molar-refractivity contribution in [3.8, 4) is 5.88 Å². The Morgan fingerprint density at radius 2 is 2.00 bits per heavy atom. The molecule has 0 saturated heterocycles. The van der Waals surface area contributed by atoms with Gasteiger partial charge >= 0.3 is 6.18 Å². The van der Waals surface area contributed by atoms with Crippen LogP contribution in [0.25, 0.3) is 0 Å². The lowest BCUT2D eigenvalue weighted by atomic mass is 10.3. The normalized spacial score (nSPS) is 18.0. The summed E-state index contributed by atoms with van der Waals surface area (Å²) in [7, 11) is 1.46. The van der Waals surface area contributed by atoms with E-state index < -0.39 is 11.9 Å². The van der Waals surface area contributed by atoms with E-state index in [1.807, 2.05) is 0 Å². The van der Waals surface area contributed by atoms with Gasteiger partial charge in [0.05, 0.1) is 0 Å². The Morgan fingerprint density at radius 3 is 2.50 bits per heavy atom. The van der Waals surface area contributed by atoms with Crippen molar-refractivity contribution >= 4 is 0 Å². The quantitative estimate of drug-likeness (QED) is 0.786. The van der Waals surface area contributed by atoms with Crippen LogP contribution < -0.4 is 4.74 Å². The molecule has 1 aliphatic carbocycles. The lowest BCUT2D eigenvalue weighted by Gasteiger charge is -2.11. The Balaban J connectivity index is 2.12. The van der Waals surface area contributed by atoms with Crippen LogP contribution in [0.3, 0.4) is 0 Å². The minimum atomic E-state index is -4.41. The largest absolute Gasteiger partial charge is 0.475 e. The molecule has 0 bridgehead atoms. The van der Waals surface area contributed by atoms with Crippen LogP contribution in [0.1, 0.15) is 31.4 Å². The molecule has 0 radical (unpaired) electrons. The fourth-order valence-electron chi connectivity index (χ4n) is 1.88. The van der Waals surface area contributed by atoms with Gasteiger partial charge in [0.2, 0.25) is 5.88 Å². The molecule has 1 aromatic rings. The van der Waals surface area contributed by atoms with Gasteiger partial charge in [0, 0.05) is 13.1 Å². The second-order valence-electron chi connectivity index (χ2n) is 4.01. The van der Waals surface area contributed by atoms with Crippen LogP contribution in [0, 0.1) is 0 Å². The summed E-state index contributed by atoms with van der Waals surface area (Å²) in [6.07, 6.45) is -0.395. The predicted octanol–water partition coefficient (Wildman–Crippen LogP) is 2.76. The van der Waals surface area contributed by atoms with Crippen LogP contribution in [0.15, 0.2) is 6.07 Å².